The molecule has 3 rings (SSSR count). The first-order valence-corrected chi connectivity index (χ1v) is 11.6. The van der Waals surface area contributed by atoms with E-state index >= 15 is 0 Å². The average Bonchev–Trinajstić information content (AvgIpc) is 3.21. The Labute approximate surface area is 170 Å². The van der Waals surface area contributed by atoms with Crippen molar-refractivity contribution in [3.63, 3.8) is 0 Å². The molecule has 0 spiro atoms. The summed E-state index contributed by atoms with van der Waals surface area (Å²) in [4.78, 5) is 16.1. The Hall–Kier alpha value is -2.00. The lowest BCUT2D eigenvalue weighted by atomic mass is 10.2. The van der Waals surface area contributed by atoms with E-state index < -0.39 is 10.0 Å². The average molecular weight is 420 g/mol. The summed E-state index contributed by atoms with van der Waals surface area (Å²) in [6.07, 6.45) is 1.62. The number of hydrogen-bond donors (Lipinski definition) is 0. The lowest BCUT2D eigenvalue weighted by Gasteiger charge is -2.33. The molecule has 1 saturated heterocycles. The van der Waals surface area contributed by atoms with Crippen molar-refractivity contribution in [3.8, 4) is 0 Å². The summed E-state index contributed by atoms with van der Waals surface area (Å²) < 4.78 is 26.5. The monoisotopic (exact) mass is 419 g/mol. The first kappa shape index (κ1) is 20.7. The molecule has 1 aliphatic rings. The van der Waals surface area contributed by atoms with Crippen molar-refractivity contribution in [3.05, 3.63) is 63.7 Å². The fraction of sp³-hybridized carbons (Fsp3) is 0.350. The minimum absolute atomic E-state index is 0.0477. The molecular formula is C20H25N3O3S2. The van der Waals surface area contributed by atoms with Gasteiger partial charge in [-0.1, -0.05) is 30.3 Å². The van der Waals surface area contributed by atoms with Gasteiger partial charge in [0.15, 0.2) is 0 Å². The standard InChI is InChI=1S/C20H25N3O3S2/c1-21(15-19-7-13-27-17-19)20(24)16-22-9-11-23(12-10-22)28(25,26)14-8-18-5-3-2-4-6-18/h2-8,13-14,17H,9-12,15-16H2,1H3/b14-8+. The van der Waals surface area contributed by atoms with Gasteiger partial charge < -0.3 is 4.90 Å². The van der Waals surface area contributed by atoms with Crippen LogP contribution in [0.5, 0.6) is 0 Å². The van der Waals surface area contributed by atoms with E-state index in [4.69, 9.17) is 0 Å². The van der Waals surface area contributed by atoms with E-state index in [1.807, 2.05) is 52.1 Å². The Kier molecular flexibility index (Phi) is 7.01. The van der Waals surface area contributed by atoms with Gasteiger partial charge in [-0.15, -0.1) is 0 Å². The van der Waals surface area contributed by atoms with Crippen LogP contribution in [0, 0.1) is 0 Å². The molecule has 0 saturated carbocycles. The van der Waals surface area contributed by atoms with Crippen LogP contribution in [0.1, 0.15) is 11.1 Å². The summed E-state index contributed by atoms with van der Waals surface area (Å²) in [7, 11) is -1.65. The van der Waals surface area contributed by atoms with Crippen LogP contribution >= 0.6 is 11.3 Å². The van der Waals surface area contributed by atoms with Gasteiger partial charge in [-0.3, -0.25) is 9.69 Å². The molecule has 1 aromatic heterocycles. The SMILES string of the molecule is CN(Cc1ccsc1)C(=O)CN1CCN(S(=O)(=O)/C=C/c2ccccc2)CC1. The molecule has 0 unspecified atom stereocenters. The molecule has 0 aliphatic carbocycles. The predicted molar refractivity (Wildman–Crippen MR) is 113 cm³/mol. The maximum atomic E-state index is 12.5. The molecule has 2 aromatic rings. The molecular weight excluding hydrogens is 394 g/mol. The van der Waals surface area contributed by atoms with Gasteiger partial charge in [-0.25, -0.2) is 8.42 Å². The Morgan fingerprint density at radius 2 is 1.86 bits per heavy atom. The van der Waals surface area contributed by atoms with Gasteiger partial charge in [0.2, 0.25) is 15.9 Å². The van der Waals surface area contributed by atoms with E-state index in [0.29, 0.717) is 39.3 Å². The molecule has 0 atom stereocenters. The Balaban J connectivity index is 1.48. The third-order valence-corrected chi connectivity index (χ3v) is 7.00. The number of benzene rings is 1. The third-order valence-electron chi connectivity index (χ3n) is 4.71. The van der Waals surface area contributed by atoms with Gasteiger partial charge in [0.25, 0.3) is 0 Å². The molecule has 1 fully saturated rings. The summed E-state index contributed by atoms with van der Waals surface area (Å²) in [6.45, 7) is 2.80. The van der Waals surface area contributed by atoms with Gasteiger partial charge in [0.1, 0.15) is 0 Å². The number of carbonyl (C=O) groups is 1. The normalized spacial score (nSPS) is 16.5. The molecule has 1 aliphatic heterocycles. The first-order valence-electron chi connectivity index (χ1n) is 9.15. The van der Waals surface area contributed by atoms with Crippen LogP contribution in [0.4, 0.5) is 0 Å². The molecule has 6 nitrogen and oxygen atoms in total. The molecule has 2 heterocycles. The van der Waals surface area contributed by atoms with Crippen LogP contribution in [0.15, 0.2) is 52.6 Å². The van der Waals surface area contributed by atoms with Crippen LogP contribution in [0.25, 0.3) is 6.08 Å². The van der Waals surface area contributed by atoms with E-state index in [-0.39, 0.29) is 5.91 Å². The highest BCUT2D eigenvalue weighted by Gasteiger charge is 2.26. The second-order valence-corrected chi connectivity index (χ2v) is 9.41. The van der Waals surface area contributed by atoms with Crippen LogP contribution < -0.4 is 0 Å². The van der Waals surface area contributed by atoms with Crippen molar-refractivity contribution in [2.75, 3.05) is 39.8 Å². The second-order valence-electron chi connectivity index (χ2n) is 6.81. The maximum Gasteiger partial charge on any atom is 0.236 e. The Morgan fingerprint density at radius 3 is 2.50 bits per heavy atom. The number of hydrogen-bond acceptors (Lipinski definition) is 5. The largest absolute Gasteiger partial charge is 0.340 e. The highest BCUT2D eigenvalue weighted by molar-refractivity contribution is 7.92. The van der Waals surface area contributed by atoms with Crippen molar-refractivity contribution in [2.45, 2.75) is 6.54 Å². The zero-order chi connectivity index (χ0) is 20.0. The quantitative estimate of drug-likeness (QED) is 0.691. The molecule has 1 amide bonds. The van der Waals surface area contributed by atoms with Crippen molar-refractivity contribution >= 4 is 33.3 Å². The van der Waals surface area contributed by atoms with E-state index in [2.05, 4.69) is 0 Å². The van der Waals surface area contributed by atoms with Crippen LogP contribution in [0.3, 0.4) is 0 Å². The zero-order valence-electron chi connectivity index (χ0n) is 15.9. The van der Waals surface area contributed by atoms with Gasteiger partial charge in [-0.05, 0) is 34.0 Å². The van der Waals surface area contributed by atoms with E-state index in [9.17, 15) is 13.2 Å². The summed E-state index contributed by atoms with van der Waals surface area (Å²) in [5, 5.41) is 5.30. The summed E-state index contributed by atoms with van der Waals surface area (Å²) in [6, 6.07) is 11.4. The molecule has 0 bridgehead atoms. The smallest absolute Gasteiger partial charge is 0.236 e. The summed E-state index contributed by atoms with van der Waals surface area (Å²) >= 11 is 1.62. The van der Waals surface area contributed by atoms with Gasteiger partial charge in [0, 0.05) is 45.2 Å². The molecule has 1 aromatic carbocycles. The highest BCUT2D eigenvalue weighted by atomic mass is 32.2. The van der Waals surface area contributed by atoms with E-state index in [1.165, 1.54) is 9.71 Å². The number of nitrogens with zero attached hydrogens (tertiary/aromatic N) is 3. The van der Waals surface area contributed by atoms with Gasteiger partial charge >= 0.3 is 0 Å². The minimum atomic E-state index is -3.45. The number of thiophene rings is 1. The number of likely N-dealkylation sites (N-methyl/N-ethyl adjacent to an activating group) is 1. The van der Waals surface area contributed by atoms with Crippen molar-refractivity contribution in [1.82, 2.24) is 14.1 Å². The zero-order valence-corrected chi connectivity index (χ0v) is 17.5. The molecule has 0 radical (unpaired) electrons. The lowest BCUT2D eigenvalue weighted by Crippen LogP contribution is -2.50. The Bertz CT molecular complexity index is 888. The number of piperazine rings is 1. The summed E-state index contributed by atoms with van der Waals surface area (Å²) in [5.74, 6) is 0.0477. The third kappa shape index (κ3) is 5.75. The van der Waals surface area contributed by atoms with E-state index in [0.717, 1.165) is 11.1 Å². The molecule has 8 heteroatoms. The van der Waals surface area contributed by atoms with Gasteiger partial charge in [-0.2, -0.15) is 15.6 Å². The minimum Gasteiger partial charge on any atom is -0.340 e. The predicted octanol–water partition coefficient (Wildman–Crippen LogP) is 2.32. The fourth-order valence-electron chi connectivity index (χ4n) is 3.01. The van der Waals surface area contributed by atoms with Crippen molar-refractivity contribution < 1.29 is 13.2 Å². The van der Waals surface area contributed by atoms with Crippen LogP contribution in [-0.2, 0) is 21.4 Å². The topological polar surface area (TPSA) is 60.9 Å². The number of sulfonamides is 1. The van der Waals surface area contributed by atoms with Crippen molar-refractivity contribution in [1.29, 1.82) is 0 Å². The lowest BCUT2D eigenvalue weighted by molar-refractivity contribution is -0.131. The van der Waals surface area contributed by atoms with E-state index in [1.54, 1.807) is 29.4 Å². The number of rotatable bonds is 7. The second kappa shape index (κ2) is 9.47. The molecule has 150 valence electrons. The fourth-order valence-corrected chi connectivity index (χ4v) is 4.85. The van der Waals surface area contributed by atoms with Crippen molar-refractivity contribution in [2.24, 2.45) is 0 Å². The number of amides is 1. The Morgan fingerprint density at radius 1 is 1.14 bits per heavy atom. The van der Waals surface area contributed by atoms with Crippen LogP contribution in [-0.4, -0.2) is 68.2 Å². The highest BCUT2D eigenvalue weighted by Crippen LogP contribution is 2.13. The van der Waals surface area contributed by atoms with Gasteiger partial charge in [0.05, 0.1) is 6.54 Å². The molecule has 0 N–H and O–H groups in total. The number of carbonyl (C=O) groups excluding carboxylic acids is 1. The van der Waals surface area contributed by atoms with Crippen LogP contribution in [0.2, 0.25) is 0 Å². The maximum absolute atomic E-state index is 12.5. The first-order chi connectivity index (χ1) is 13.4. The summed E-state index contributed by atoms with van der Waals surface area (Å²) in [5.41, 5.74) is 1.98. The molecule has 28 heavy (non-hydrogen) atoms.